The number of amides is 3. The van der Waals surface area contributed by atoms with Crippen molar-refractivity contribution in [2.24, 2.45) is 0 Å². The quantitative estimate of drug-likeness (QED) is 0.441. The van der Waals surface area contributed by atoms with Gasteiger partial charge in [0, 0.05) is 27.4 Å². The van der Waals surface area contributed by atoms with Gasteiger partial charge in [0.2, 0.25) is 5.75 Å². The Bertz CT molecular complexity index is 1170. The van der Waals surface area contributed by atoms with Crippen molar-refractivity contribution in [1.82, 2.24) is 10.9 Å². The highest BCUT2D eigenvalue weighted by Crippen LogP contribution is 2.38. The molecule has 3 rings (SSSR count). The van der Waals surface area contributed by atoms with E-state index in [4.69, 9.17) is 25.8 Å². The minimum absolute atomic E-state index is 0.280. The number of halogens is 1. The first kappa shape index (κ1) is 24.4. The zero-order chi connectivity index (χ0) is 24.7. The minimum atomic E-state index is -0.523. The standard InChI is InChI=1S/C24H22ClN3O6/c1-32-19-12-16(13-20(33-2)21(19)34-3)22(29)26-18-10-6-15(7-11-18)24(31)28-27-23(30)14-4-8-17(25)9-5-14/h4-13H,1-3H3,(H,26,29)(H,27,30)(H,28,31). The van der Waals surface area contributed by atoms with E-state index in [-0.39, 0.29) is 5.56 Å². The van der Waals surface area contributed by atoms with Gasteiger partial charge in [0.05, 0.1) is 21.3 Å². The molecule has 0 aliphatic rings. The van der Waals surface area contributed by atoms with Gasteiger partial charge in [-0.15, -0.1) is 0 Å². The Morgan fingerprint density at radius 1 is 0.647 bits per heavy atom. The molecule has 0 radical (unpaired) electrons. The molecule has 34 heavy (non-hydrogen) atoms. The largest absolute Gasteiger partial charge is 0.493 e. The molecule has 0 fully saturated rings. The first-order valence-electron chi connectivity index (χ1n) is 9.94. The molecular formula is C24H22ClN3O6. The molecule has 0 atom stereocenters. The lowest BCUT2D eigenvalue weighted by molar-refractivity contribution is 0.0846. The van der Waals surface area contributed by atoms with Crippen LogP contribution < -0.4 is 30.4 Å². The third-order valence-electron chi connectivity index (χ3n) is 4.73. The predicted octanol–water partition coefficient (Wildman–Crippen LogP) is 3.69. The molecule has 3 aromatic carbocycles. The fourth-order valence-electron chi connectivity index (χ4n) is 2.98. The maximum absolute atomic E-state index is 12.7. The minimum Gasteiger partial charge on any atom is -0.493 e. The molecule has 0 unspecified atom stereocenters. The summed E-state index contributed by atoms with van der Waals surface area (Å²) in [7, 11) is 4.39. The molecule has 0 bridgehead atoms. The number of hydrazine groups is 1. The average molecular weight is 484 g/mol. The van der Waals surface area contributed by atoms with Gasteiger partial charge in [0.1, 0.15) is 0 Å². The van der Waals surface area contributed by atoms with Gasteiger partial charge in [-0.25, -0.2) is 0 Å². The molecule has 0 aromatic heterocycles. The lowest BCUT2D eigenvalue weighted by atomic mass is 10.1. The summed E-state index contributed by atoms with van der Waals surface area (Å²) < 4.78 is 15.8. The van der Waals surface area contributed by atoms with Gasteiger partial charge >= 0.3 is 0 Å². The second-order valence-corrected chi connectivity index (χ2v) is 7.30. The highest BCUT2D eigenvalue weighted by Gasteiger charge is 2.17. The van der Waals surface area contributed by atoms with E-state index in [0.29, 0.717) is 39.1 Å². The van der Waals surface area contributed by atoms with Gasteiger partial charge in [-0.3, -0.25) is 25.2 Å². The highest BCUT2D eigenvalue weighted by atomic mass is 35.5. The lowest BCUT2D eigenvalue weighted by Crippen LogP contribution is -2.41. The van der Waals surface area contributed by atoms with E-state index in [1.54, 1.807) is 24.3 Å². The number of nitrogens with one attached hydrogen (secondary N) is 3. The van der Waals surface area contributed by atoms with Crippen molar-refractivity contribution in [3.8, 4) is 17.2 Å². The Kier molecular flexibility index (Phi) is 7.94. The van der Waals surface area contributed by atoms with Crippen LogP contribution in [-0.2, 0) is 0 Å². The average Bonchev–Trinajstić information content (AvgIpc) is 2.86. The lowest BCUT2D eigenvalue weighted by Gasteiger charge is -2.14. The Balaban J connectivity index is 1.63. The summed E-state index contributed by atoms with van der Waals surface area (Å²) in [5, 5.41) is 3.24. The summed E-state index contributed by atoms with van der Waals surface area (Å²) in [6, 6.07) is 15.4. The number of hydrogen-bond acceptors (Lipinski definition) is 6. The number of methoxy groups -OCH3 is 3. The van der Waals surface area contributed by atoms with Crippen LogP contribution in [0.15, 0.2) is 60.7 Å². The molecule has 3 aromatic rings. The summed E-state index contributed by atoms with van der Waals surface area (Å²) in [6.45, 7) is 0. The molecule has 3 N–H and O–H groups in total. The second kappa shape index (κ2) is 11.1. The Morgan fingerprint density at radius 3 is 1.56 bits per heavy atom. The fraction of sp³-hybridized carbons (Fsp3) is 0.125. The van der Waals surface area contributed by atoms with Crippen molar-refractivity contribution in [3.63, 3.8) is 0 Å². The Labute approximate surface area is 200 Å². The molecule has 0 aliphatic heterocycles. The number of benzene rings is 3. The molecule has 0 spiro atoms. The zero-order valence-electron chi connectivity index (χ0n) is 18.6. The topological polar surface area (TPSA) is 115 Å². The molecule has 9 nitrogen and oxygen atoms in total. The molecule has 3 amide bonds. The molecule has 0 heterocycles. The van der Waals surface area contributed by atoms with Crippen LogP contribution in [0.2, 0.25) is 5.02 Å². The van der Waals surface area contributed by atoms with Crippen LogP contribution in [0, 0.1) is 0 Å². The van der Waals surface area contributed by atoms with E-state index in [1.165, 1.54) is 57.7 Å². The van der Waals surface area contributed by atoms with E-state index < -0.39 is 17.7 Å². The van der Waals surface area contributed by atoms with Crippen LogP contribution in [0.1, 0.15) is 31.1 Å². The molecule has 0 saturated carbocycles. The molecular weight excluding hydrogens is 462 g/mol. The monoisotopic (exact) mass is 483 g/mol. The van der Waals surface area contributed by atoms with Gasteiger partial charge in [-0.05, 0) is 60.7 Å². The van der Waals surface area contributed by atoms with Crippen LogP contribution in [0.3, 0.4) is 0 Å². The predicted molar refractivity (Wildman–Crippen MR) is 127 cm³/mol. The first-order valence-corrected chi connectivity index (χ1v) is 10.3. The molecule has 0 aliphatic carbocycles. The van der Waals surface area contributed by atoms with Crippen LogP contribution in [-0.4, -0.2) is 39.1 Å². The first-order chi connectivity index (χ1) is 16.4. The number of anilines is 1. The van der Waals surface area contributed by atoms with E-state index >= 15 is 0 Å². The van der Waals surface area contributed by atoms with Crippen LogP contribution in [0.5, 0.6) is 17.2 Å². The molecule has 10 heteroatoms. The van der Waals surface area contributed by atoms with Gasteiger partial charge < -0.3 is 19.5 Å². The van der Waals surface area contributed by atoms with E-state index in [0.717, 1.165) is 0 Å². The maximum atomic E-state index is 12.7. The number of carbonyl (C=O) groups is 3. The number of ether oxygens (including phenoxy) is 3. The van der Waals surface area contributed by atoms with Crippen molar-refractivity contribution >= 4 is 35.0 Å². The van der Waals surface area contributed by atoms with Crippen LogP contribution in [0.4, 0.5) is 5.69 Å². The van der Waals surface area contributed by atoms with Crippen molar-refractivity contribution in [2.75, 3.05) is 26.6 Å². The summed E-state index contributed by atoms with van der Waals surface area (Å²) in [5.41, 5.74) is 6.04. The van der Waals surface area contributed by atoms with Gasteiger partial charge in [-0.2, -0.15) is 0 Å². The van der Waals surface area contributed by atoms with Crippen LogP contribution in [0.25, 0.3) is 0 Å². The van der Waals surface area contributed by atoms with Crippen molar-refractivity contribution in [3.05, 3.63) is 82.4 Å². The highest BCUT2D eigenvalue weighted by molar-refractivity contribution is 6.30. The third-order valence-corrected chi connectivity index (χ3v) is 4.98. The summed E-state index contributed by atoms with van der Waals surface area (Å²) >= 11 is 5.80. The number of hydrogen-bond donors (Lipinski definition) is 3. The van der Waals surface area contributed by atoms with Gasteiger partial charge in [-0.1, -0.05) is 11.6 Å². The van der Waals surface area contributed by atoms with Crippen molar-refractivity contribution < 1.29 is 28.6 Å². The van der Waals surface area contributed by atoms with Gasteiger partial charge in [0.15, 0.2) is 11.5 Å². The molecule has 0 saturated heterocycles. The Hall–Kier alpha value is -4.24. The number of rotatable bonds is 7. The summed E-state index contributed by atoms with van der Waals surface area (Å²) in [4.78, 5) is 37.1. The zero-order valence-corrected chi connectivity index (χ0v) is 19.4. The summed E-state index contributed by atoms with van der Waals surface area (Å²) in [5.74, 6) is -0.352. The van der Waals surface area contributed by atoms with E-state index in [1.807, 2.05) is 0 Å². The second-order valence-electron chi connectivity index (χ2n) is 6.86. The van der Waals surface area contributed by atoms with Crippen LogP contribution >= 0.6 is 11.6 Å². The SMILES string of the molecule is COc1cc(C(=O)Nc2ccc(C(=O)NNC(=O)c3ccc(Cl)cc3)cc2)cc(OC)c1OC. The van der Waals surface area contributed by atoms with E-state index in [2.05, 4.69) is 16.2 Å². The normalized spacial score (nSPS) is 10.1. The van der Waals surface area contributed by atoms with E-state index in [9.17, 15) is 14.4 Å². The molecule has 176 valence electrons. The maximum Gasteiger partial charge on any atom is 0.269 e. The smallest absolute Gasteiger partial charge is 0.269 e. The fourth-order valence-corrected chi connectivity index (χ4v) is 3.11. The van der Waals surface area contributed by atoms with Crippen molar-refractivity contribution in [1.29, 1.82) is 0 Å². The van der Waals surface area contributed by atoms with Gasteiger partial charge in [0.25, 0.3) is 17.7 Å². The third kappa shape index (κ3) is 5.76. The Morgan fingerprint density at radius 2 is 1.12 bits per heavy atom. The number of carbonyl (C=O) groups excluding carboxylic acids is 3. The summed E-state index contributed by atoms with van der Waals surface area (Å²) in [6.07, 6.45) is 0. The van der Waals surface area contributed by atoms with Crippen molar-refractivity contribution in [2.45, 2.75) is 0 Å².